The summed E-state index contributed by atoms with van der Waals surface area (Å²) in [6.07, 6.45) is 3.21. The summed E-state index contributed by atoms with van der Waals surface area (Å²) in [5, 5.41) is 7.92. The van der Waals surface area contributed by atoms with Gasteiger partial charge in [-0.1, -0.05) is 13.0 Å². The lowest BCUT2D eigenvalue weighted by molar-refractivity contribution is 0.0160. The summed E-state index contributed by atoms with van der Waals surface area (Å²) in [6.45, 7) is 6.88. The van der Waals surface area contributed by atoms with Crippen molar-refractivity contribution in [3.8, 4) is 0 Å². The SMILES string of the molecule is CCn1nc(CC(C)COC(=O)c2cccc(C(=O)N(C)C)c2)c2c1C(=O)NCC1(CCOCC1)C2. The van der Waals surface area contributed by atoms with Crippen LogP contribution in [0.1, 0.15) is 69.2 Å². The molecule has 0 aliphatic carbocycles. The smallest absolute Gasteiger partial charge is 0.338 e. The van der Waals surface area contributed by atoms with E-state index in [1.807, 2.05) is 13.8 Å². The molecule has 3 heterocycles. The first-order valence-electron chi connectivity index (χ1n) is 12.7. The number of esters is 1. The third kappa shape index (κ3) is 5.46. The van der Waals surface area contributed by atoms with Crippen molar-refractivity contribution >= 4 is 17.8 Å². The predicted molar refractivity (Wildman–Crippen MR) is 134 cm³/mol. The van der Waals surface area contributed by atoms with Crippen LogP contribution in [0.3, 0.4) is 0 Å². The number of hydrogen-bond acceptors (Lipinski definition) is 6. The molecule has 1 N–H and O–H groups in total. The standard InChI is InChI=1S/C27H36N4O5/c1-5-31-23-21(15-27(17-28-24(23)32)9-11-35-12-10-27)22(29-31)13-18(2)16-36-26(34)20-8-6-7-19(14-20)25(33)30(3)4/h6-8,14,18H,5,9-13,15-17H2,1-4H3,(H,28,32). The van der Waals surface area contributed by atoms with Crippen molar-refractivity contribution in [2.24, 2.45) is 11.3 Å². The van der Waals surface area contributed by atoms with E-state index in [1.165, 1.54) is 4.90 Å². The fourth-order valence-corrected chi connectivity index (χ4v) is 5.06. The number of carbonyl (C=O) groups excluding carboxylic acids is 3. The van der Waals surface area contributed by atoms with Gasteiger partial charge in [0.2, 0.25) is 0 Å². The molecular weight excluding hydrogens is 460 g/mol. The van der Waals surface area contributed by atoms with Gasteiger partial charge in [-0.05, 0) is 62.1 Å². The maximum absolute atomic E-state index is 13.0. The number of carbonyl (C=O) groups is 3. The van der Waals surface area contributed by atoms with Gasteiger partial charge in [0.05, 0.1) is 17.9 Å². The number of rotatable bonds is 7. The highest BCUT2D eigenvalue weighted by Gasteiger charge is 2.39. The molecule has 36 heavy (non-hydrogen) atoms. The van der Waals surface area contributed by atoms with Crippen LogP contribution in [0.4, 0.5) is 0 Å². The first-order chi connectivity index (χ1) is 17.2. The Morgan fingerprint density at radius 1 is 1.25 bits per heavy atom. The summed E-state index contributed by atoms with van der Waals surface area (Å²) < 4.78 is 13.0. The Bertz CT molecular complexity index is 1130. The van der Waals surface area contributed by atoms with Gasteiger partial charge in [-0.15, -0.1) is 0 Å². The quantitative estimate of drug-likeness (QED) is 0.592. The van der Waals surface area contributed by atoms with Gasteiger partial charge in [0.15, 0.2) is 0 Å². The predicted octanol–water partition coefficient (Wildman–Crippen LogP) is 2.72. The minimum absolute atomic E-state index is 0.00167. The van der Waals surface area contributed by atoms with Crippen molar-refractivity contribution in [1.29, 1.82) is 0 Å². The lowest BCUT2D eigenvalue weighted by Gasteiger charge is -2.36. The Morgan fingerprint density at radius 3 is 2.67 bits per heavy atom. The zero-order valence-corrected chi connectivity index (χ0v) is 21.6. The molecule has 194 valence electrons. The highest BCUT2D eigenvalue weighted by molar-refractivity contribution is 5.97. The Balaban J connectivity index is 1.46. The summed E-state index contributed by atoms with van der Waals surface area (Å²) in [6, 6.07) is 6.57. The lowest BCUT2D eigenvalue weighted by atomic mass is 9.75. The molecule has 0 bridgehead atoms. The van der Waals surface area contributed by atoms with Crippen molar-refractivity contribution in [2.45, 2.75) is 46.1 Å². The van der Waals surface area contributed by atoms with Crippen molar-refractivity contribution < 1.29 is 23.9 Å². The number of nitrogens with one attached hydrogen (secondary N) is 1. The molecule has 1 spiro atoms. The molecule has 1 fully saturated rings. The number of ether oxygens (including phenoxy) is 2. The van der Waals surface area contributed by atoms with Crippen LogP contribution in [0.2, 0.25) is 0 Å². The van der Waals surface area contributed by atoms with Crippen LogP contribution in [-0.4, -0.2) is 72.9 Å². The maximum atomic E-state index is 13.0. The van der Waals surface area contributed by atoms with E-state index in [1.54, 1.807) is 43.0 Å². The average molecular weight is 497 g/mol. The second-order valence-electron chi connectivity index (χ2n) is 10.2. The van der Waals surface area contributed by atoms with Gasteiger partial charge in [0, 0.05) is 51.5 Å². The van der Waals surface area contributed by atoms with E-state index in [9.17, 15) is 14.4 Å². The molecule has 1 aromatic carbocycles. The molecule has 4 rings (SSSR count). The molecule has 0 radical (unpaired) electrons. The molecule has 0 saturated carbocycles. The van der Waals surface area contributed by atoms with Crippen LogP contribution in [-0.2, 0) is 28.9 Å². The summed E-state index contributed by atoms with van der Waals surface area (Å²) in [4.78, 5) is 39.4. The van der Waals surface area contributed by atoms with Gasteiger partial charge >= 0.3 is 5.97 Å². The Labute approximate surface area is 212 Å². The Morgan fingerprint density at radius 2 is 1.97 bits per heavy atom. The van der Waals surface area contributed by atoms with E-state index in [2.05, 4.69) is 5.32 Å². The molecular formula is C27H36N4O5. The van der Waals surface area contributed by atoms with E-state index >= 15 is 0 Å². The van der Waals surface area contributed by atoms with Crippen molar-refractivity contribution in [2.75, 3.05) is 40.5 Å². The lowest BCUT2D eigenvalue weighted by Crippen LogP contribution is -2.40. The van der Waals surface area contributed by atoms with Gasteiger partial charge in [-0.2, -0.15) is 5.10 Å². The van der Waals surface area contributed by atoms with Crippen LogP contribution in [0.15, 0.2) is 24.3 Å². The van der Waals surface area contributed by atoms with Crippen molar-refractivity contribution in [3.05, 3.63) is 52.3 Å². The number of fused-ring (bicyclic) bond motifs is 1. The van der Waals surface area contributed by atoms with Crippen LogP contribution >= 0.6 is 0 Å². The van der Waals surface area contributed by atoms with Crippen molar-refractivity contribution in [1.82, 2.24) is 20.0 Å². The molecule has 2 aliphatic heterocycles. The fraction of sp³-hybridized carbons (Fsp3) is 0.556. The van der Waals surface area contributed by atoms with Crippen LogP contribution in [0.5, 0.6) is 0 Å². The fourth-order valence-electron chi connectivity index (χ4n) is 5.06. The van der Waals surface area contributed by atoms with E-state index in [0.29, 0.717) is 49.5 Å². The average Bonchev–Trinajstić information content (AvgIpc) is 3.15. The molecule has 1 aromatic heterocycles. The highest BCUT2D eigenvalue weighted by Crippen LogP contribution is 2.38. The minimum atomic E-state index is -0.464. The van der Waals surface area contributed by atoms with E-state index in [-0.39, 0.29) is 29.8 Å². The summed E-state index contributed by atoms with van der Waals surface area (Å²) >= 11 is 0. The maximum Gasteiger partial charge on any atom is 0.338 e. The van der Waals surface area contributed by atoms with Gasteiger partial charge in [-0.25, -0.2) is 4.79 Å². The number of hydrogen-bond donors (Lipinski definition) is 1. The van der Waals surface area contributed by atoms with Crippen LogP contribution in [0.25, 0.3) is 0 Å². The van der Waals surface area contributed by atoms with Gasteiger partial charge in [0.1, 0.15) is 5.69 Å². The normalized spacial score (nSPS) is 17.6. The van der Waals surface area contributed by atoms with Crippen LogP contribution in [0, 0.1) is 11.3 Å². The summed E-state index contributed by atoms with van der Waals surface area (Å²) in [7, 11) is 3.34. The largest absolute Gasteiger partial charge is 0.462 e. The molecule has 2 aliphatic rings. The summed E-state index contributed by atoms with van der Waals surface area (Å²) in [5.74, 6) is -0.702. The first-order valence-corrected chi connectivity index (χ1v) is 12.7. The summed E-state index contributed by atoms with van der Waals surface area (Å²) in [5.41, 5.74) is 3.34. The molecule has 2 amide bonds. The molecule has 1 atom stereocenters. The first kappa shape index (κ1) is 25.9. The number of aryl methyl sites for hydroxylation is 1. The molecule has 1 saturated heterocycles. The molecule has 1 unspecified atom stereocenters. The minimum Gasteiger partial charge on any atom is -0.462 e. The third-order valence-electron chi connectivity index (χ3n) is 7.17. The van der Waals surface area contributed by atoms with E-state index in [0.717, 1.165) is 30.5 Å². The van der Waals surface area contributed by atoms with Gasteiger partial charge < -0.3 is 19.7 Å². The monoisotopic (exact) mass is 496 g/mol. The number of nitrogens with zero attached hydrogens (tertiary/aromatic N) is 3. The Kier molecular flexibility index (Phi) is 7.78. The second-order valence-corrected chi connectivity index (χ2v) is 10.2. The van der Waals surface area contributed by atoms with Crippen LogP contribution < -0.4 is 5.32 Å². The second kappa shape index (κ2) is 10.8. The van der Waals surface area contributed by atoms with E-state index < -0.39 is 5.97 Å². The van der Waals surface area contributed by atoms with Gasteiger partial charge in [-0.3, -0.25) is 14.3 Å². The third-order valence-corrected chi connectivity index (χ3v) is 7.17. The zero-order chi connectivity index (χ0) is 25.9. The number of benzene rings is 1. The topological polar surface area (TPSA) is 103 Å². The Hall–Kier alpha value is -3.20. The molecule has 2 aromatic rings. The molecule has 9 heteroatoms. The highest BCUT2D eigenvalue weighted by atomic mass is 16.5. The zero-order valence-electron chi connectivity index (χ0n) is 21.6. The van der Waals surface area contributed by atoms with Crippen molar-refractivity contribution in [3.63, 3.8) is 0 Å². The van der Waals surface area contributed by atoms with E-state index in [4.69, 9.17) is 14.6 Å². The van der Waals surface area contributed by atoms with Gasteiger partial charge in [0.25, 0.3) is 11.8 Å². The number of amides is 2. The number of aromatic nitrogens is 2. The molecule has 9 nitrogen and oxygen atoms in total.